The highest BCUT2D eigenvalue weighted by Gasteiger charge is 2.30. The van der Waals surface area contributed by atoms with Gasteiger partial charge in [-0.2, -0.15) is 10.5 Å². The summed E-state index contributed by atoms with van der Waals surface area (Å²) in [6.45, 7) is 7.58. The molecule has 0 aliphatic carbocycles. The lowest BCUT2D eigenvalue weighted by Crippen LogP contribution is -2.21. The minimum absolute atomic E-state index is 0.0106. The number of methoxy groups -OCH3 is 2. The molecule has 0 saturated heterocycles. The quantitative estimate of drug-likeness (QED) is 0.477. The molecule has 156 valence electrons. The van der Waals surface area contributed by atoms with Crippen LogP contribution in [0.5, 0.6) is 0 Å². The van der Waals surface area contributed by atoms with Gasteiger partial charge in [0.15, 0.2) is 0 Å². The van der Waals surface area contributed by atoms with Gasteiger partial charge in [0, 0.05) is 0 Å². The third-order valence-electron chi connectivity index (χ3n) is 4.49. The number of carbonyl (C=O) groups excluding carboxylic acids is 2. The molecule has 2 aromatic carbocycles. The van der Waals surface area contributed by atoms with Crippen LogP contribution in [0, 0.1) is 22.7 Å². The standard InChI is InChI=1S/C24H20N2O5/c1-15(23(27)29-3)21(19-9-5-17(13-25)6-10-19)31-22(16(2)24(28)30-4)20-11-7-18(14-26)8-12-20/h5-12,21-22H,1-2H2,3-4H3/t21-,22-/m1/s1. The maximum absolute atomic E-state index is 12.2. The summed E-state index contributed by atoms with van der Waals surface area (Å²) in [5.41, 5.74) is 1.87. The zero-order valence-corrected chi connectivity index (χ0v) is 17.1. The van der Waals surface area contributed by atoms with Crippen LogP contribution >= 0.6 is 0 Å². The predicted molar refractivity (Wildman–Crippen MR) is 111 cm³/mol. The summed E-state index contributed by atoms with van der Waals surface area (Å²) in [4.78, 5) is 24.4. The van der Waals surface area contributed by atoms with Crippen LogP contribution in [0.4, 0.5) is 0 Å². The number of ether oxygens (including phenoxy) is 3. The van der Waals surface area contributed by atoms with Gasteiger partial charge in [0.05, 0.1) is 48.6 Å². The number of hydrogen-bond acceptors (Lipinski definition) is 7. The Balaban J connectivity index is 2.53. The highest BCUT2D eigenvalue weighted by Crippen LogP contribution is 2.36. The maximum Gasteiger partial charge on any atom is 0.336 e. The average molecular weight is 416 g/mol. The number of carbonyl (C=O) groups is 2. The number of benzene rings is 2. The van der Waals surface area contributed by atoms with E-state index in [1.165, 1.54) is 14.2 Å². The van der Waals surface area contributed by atoms with Crippen LogP contribution in [0.1, 0.15) is 34.5 Å². The number of nitriles is 2. The Kier molecular flexibility index (Phi) is 7.85. The molecule has 0 unspecified atom stereocenters. The molecule has 0 N–H and O–H groups in total. The van der Waals surface area contributed by atoms with Crippen molar-refractivity contribution in [3.63, 3.8) is 0 Å². The van der Waals surface area contributed by atoms with Crippen molar-refractivity contribution in [2.45, 2.75) is 12.2 Å². The van der Waals surface area contributed by atoms with Crippen LogP contribution in [0.3, 0.4) is 0 Å². The van der Waals surface area contributed by atoms with Gasteiger partial charge in [-0.1, -0.05) is 37.4 Å². The normalized spacial score (nSPS) is 11.9. The molecule has 7 heteroatoms. The summed E-state index contributed by atoms with van der Waals surface area (Å²) in [7, 11) is 2.43. The first kappa shape index (κ1) is 23.1. The first-order valence-electron chi connectivity index (χ1n) is 9.06. The summed E-state index contributed by atoms with van der Waals surface area (Å²) in [6, 6.07) is 16.8. The molecule has 0 fully saturated rings. The SMILES string of the molecule is C=C(C(=O)OC)[C@@H](O[C@H](C(=C)C(=O)OC)c1ccc(C#N)cc1)c1ccc(C#N)cc1. The summed E-state index contributed by atoms with van der Waals surface area (Å²) >= 11 is 0. The van der Waals surface area contributed by atoms with Gasteiger partial charge in [0.2, 0.25) is 0 Å². The first-order valence-corrected chi connectivity index (χ1v) is 9.06. The Morgan fingerprint density at radius 1 is 0.742 bits per heavy atom. The summed E-state index contributed by atoms with van der Waals surface area (Å²) < 4.78 is 15.7. The van der Waals surface area contributed by atoms with E-state index in [9.17, 15) is 9.59 Å². The van der Waals surface area contributed by atoms with Gasteiger partial charge in [0.25, 0.3) is 0 Å². The Morgan fingerprint density at radius 3 is 1.32 bits per heavy atom. The number of rotatable bonds is 8. The highest BCUT2D eigenvalue weighted by molar-refractivity contribution is 5.90. The molecule has 0 saturated carbocycles. The predicted octanol–water partition coefficient (Wildman–Crippen LogP) is 3.69. The molecule has 0 aromatic heterocycles. The minimum atomic E-state index is -1.01. The maximum atomic E-state index is 12.2. The molecule has 2 atom stereocenters. The van der Waals surface area contributed by atoms with Crippen molar-refractivity contribution in [3.8, 4) is 12.1 Å². The fourth-order valence-corrected chi connectivity index (χ4v) is 2.80. The second-order valence-electron chi connectivity index (χ2n) is 6.40. The molecule has 0 amide bonds. The Labute approximate surface area is 180 Å². The molecule has 31 heavy (non-hydrogen) atoms. The molecule has 7 nitrogen and oxygen atoms in total. The van der Waals surface area contributed by atoms with E-state index in [4.69, 9.17) is 24.7 Å². The largest absolute Gasteiger partial charge is 0.466 e. The van der Waals surface area contributed by atoms with Gasteiger partial charge >= 0.3 is 11.9 Å². The minimum Gasteiger partial charge on any atom is -0.466 e. The Hall–Kier alpha value is -4.20. The number of hydrogen-bond donors (Lipinski definition) is 0. The zero-order valence-electron chi connectivity index (χ0n) is 17.1. The van der Waals surface area contributed by atoms with E-state index in [1.54, 1.807) is 48.5 Å². The van der Waals surface area contributed by atoms with Crippen LogP contribution in [-0.4, -0.2) is 26.2 Å². The highest BCUT2D eigenvalue weighted by atomic mass is 16.5. The molecule has 0 heterocycles. The van der Waals surface area contributed by atoms with Crippen molar-refractivity contribution >= 4 is 11.9 Å². The van der Waals surface area contributed by atoms with Crippen molar-refractivity contribution < 1.29 is 23.8 Å². The Bertz CT molecular complexity index is 985. The van der Waals surface area contributed by atoms with Crippen LogP contribution in [0.25, 0.3) is 0 Å². The molecule has 0 bridgehead atoms. The van der Waals surface area contributed by atoms with Crippen LogP contribution in [-0.2, 0) is 23.8 Å². The second-order valence-corrected chi connectivity index (χ2v) is 6.40. The van der Waals surface area contributed by atoms with Crippen LogP contribution in [0.2, 0.25) is 0 Å². The van der Waals surface area contributed by atoms with Gasteiger partial charge in [-0.3, -0.25) is 0 Å². The van der Waals surface area contributed by atoms with E-state index < -0.39 is 24.1 Å². The second kappa shape index (κ2) is 10.5. The Morgan fingerprint density at radius 2 is 1.06 bits per heavy atom. The van der Waals surface area contributed by atoms with Crippen molar-refractivity contribution in [1.29, 1.82) is 10.5 Å². The monoisotopic (exact) mass is 416 g/mol. The molecule has 0 aliphatic heterocycles. The van der Waals surface area contributed by atoms with E-state index in [1.807, 2.05) is 12.1 Å². The van der Waals surface area contributed by atoms with E-state index >= 15 is 0 Å². The van der Waals surface area contributed by atoms with E-state index in [2.05, 4.69) is 13.2 Å². The van der Waals surface area contributed by atoms with Crippen molar-refractivity contribution in [2.75, 3.05) is 14.2 Å². The average Bonchev–Trinajstić information content (AvgIpc) is 2.83. The lowest BCUT2D eigenvalue weighted by molar-refractivity contribution is -0.139. The lowest BCUT2D eigenvalue weighted by Gasteiger charge is -2.27. The smallest absolute Gasteiger partial charge is 0.336 e. The number of esters is 2. The summed E-state index contributed by atoms with van der Waals surface area (Å²) in [5, 5.41) is 18.1. The zero-order chi connectivity index (χ0) is 23.0. The van der Waals surface area contributed by atoms with Gasteiger partial charge in [0.1, 0.15) is 12.2 Å². The summed E-state index contributed by atoms with van der Waals surface area (Å²) in [6.07, 6.45) is -2.02. The van der Waals surface area contributed by atoms with Crippen LogP contribution < -0.4 is 0 Å². The fraction of sp³-hybridized carbons (Fsp3) is 0.167. The molecule has 0 aliphatic rings. The molecular formula is C24H20N2O5. The van der Waals surface area contributed by atoms with E-state index in [0.717, 1.165) is 0 Å². The van der Waals surface area contributed by atoms with Gasteiger partial charge in [-0.05, 0) is 35.4 Å². The topological polar surface area (TPSA) is 109 Å². The van der Waals surface area contributed by atoms with Gasteiger partial charge in [-0.25, -0.2) is 9.59 Å². The van der Waals surface area contributed by atoms with Crippen molar-refractivity contribution in [2.24, 2.45) is 0 Å². The van der Waals surface area contributed by atoms with E-state index in [-0.39, 0.29) is 11.1 Å². The molecule has 0 radical (unpaired) electrons. The van der Waals surface area contributed by atoms with Gasteiger partial charge < -0.3 is 14.2 Å². The van der Waals surface area contributed by atoms with Crippen molar-refractivity contribution in [3.05, 3.63) is 95.1 Å². The molecular weight excluding hydrogens is 396 g/mol. The lowest BCUT2D eigenvalue weighted by atomic mass is 9.98. The van der Waals surface area contributed by atoms with Crippen LogP contribution in [0.15, 0.2) is 72.8 Å². The molecule has 0 spiro atoms. The fourth-order valence-electron chi connectivity index (χ4n) is 2.80. The first-order chi connectivity index (χ1) is 14.9. The third kappa shape index (κ3) is 5.45. The molecule has 2 aromatic rings. The summed E-state index contributed by atoms with van der Waals surface area (Å²) in [5.74, 6) is -1.40. The third-order valence-corrected chi connectivity index (χ3v) is 4.49. The number of nitrogens with zero attached hydrogens (tertiary/aromatic N) is 2. The van der Waals surface area contributed by atoms with E-state index in [0.29, 0.717) is 22.3 Å². The van der Waals surface area contributed by atoms with Crippen molar-refractivity contribution in [1.82, 2.24) is 0 Å². The van der Waals surface area contributed by atoms with Gasteiger partial charge in [-0.15, -0.1) is 0 Å². The molecule has 2 rings (SSSR count).